The molecule has 1 aromatic heterocycles. The van der Waals surface area contributed by atoms with E-state index in [9.17, 15) is 5.11 Å². The first-order chi connectivity index (χ1) is 12.3. The zero-order valence-electron chi connectivity index (χ0n) is 14.6. The zero-order chi connectivity index (χ0) is 17.1. The number of hydrogen-bond acceptors (Lipinski definition) is 2. The van der Waals surface area contributed by atoms with Gasteiger partial charge in [0, 0.05) is 29.7 Å². The van der Waals surface area contributed by atoms with Crippen molar-refractivity contribution in [1.29, 1.82) is 0 Å². The van der Waals surface area contributed by atoms with Crippen molar-refractivity contribution < 1.29 is 5.11 Å². The van der Waals surface area contributed by atoms with Gasteiger partial charge in [-0.3, -0.25) is 0 Å². The highest BCUT2D eigenvalue weighted by Crippen LogP contribution is 2.32. The van der Waals surface area contributed by atoms with E-state index in [4.69, 9.17) is 0 Å². The van der Waals surface area contributed by atoms with E-state index in [0.717, 1.165) is 13.0 Å². The molecular formula is C22H26N2O. The summed E-state index contributed by atoms with van der Waals surface area (Å²) in [5, 5.41) is 15.3. The van der Waals surface area contributed by atoms with Gasteiger partial charge in [0.05, 0.1) is 12.6 Å². The molecule has 3 heteroatoms. The molecule has 1 aliphatic rings. The normalized spacial score (nSPS) is 15.2. The van der Waals surface area contributed by atoms with E-state index >= 15 is 0 Å². The highest BCUT2D eigenvalue weighted by molar-refractivity contribution is 5.85. The van der Waals surface area contributed by atoms with Gasteiger partial charge in [0.15, 0.2) is 0 Å². The first-order valence-electron chi connectivity index (χ1n) is 9.34. The monoisotopic (exact) mass is 334 g/mol. The number of fused-ring (bicyclic) bond motifs is 3. The predicted octanol–water partition coefficient (Wildman–Crippen LogP) is 3.67. The fraction of sp³-hybridized carbons (Fsp3) is 0.364. The Labute approximate surface area is 149 Å². The lowest BCUT2D eigenvalue weighted by atomic mass is 9.95. The van der Waals surface area contributed by atoms with Crippen LogP contribution in [0.1, 0.15) is 29.7 Å². The smallest absolute Gasteiger partial charge is 0.0843 e. The second-order valence-electron chi connectivity index (χ2n) is 7.03. The maximum Gasteiger partial charge on any atom is 0.0843 e. The minimum absolute atomic E-state index is 0.384. The lowest BCUT2D eigenvalue weighted by Crippen LogP contribution is -2.30. The Morgan fingerprint density at radius 3 is 2.60 bits per heavy atom. The Bertz CT molecular complexity index is 838. The second-order valence-corrected chi connectivity index (χ2v) is 7.03. The number of nitrogens with zero attached hydrogens (tertiary/aromatic N) is 1. The third-order valence-electron chi connectivity index (χ3n) is 5.23. The Morgan fingerprint density at radius 2 is 1.72 bits per heavy atom. The van der Waals surface area contributed by atoms with Gasteiger partial charge in [0.2, 0.25) is 0 Å². The SMILES string of the molecule is O[C@H](CNCc1ccccc1)Cn1c2c(c3ccccc31)CCCC2. The summed E-state index contributed by atoms with van der Waals surface area (Å²) in [6.45, 7) is 2.07. The van der Waals surface area contributed by atoms with Crippen LogP contribution in [-0.4, -0.2) is 22.3 Å². The summed E-state index contributed by atoms with van der Waals surface area (Å²) in [5.74, 6) is 0. The fourth-order valence-corrected chi connectivity index (χ4v) is 4.05. The summed E-state index contributed by atoms with van der Waals surface area (Å²) in [5.41, 5.74) is 5.47. The highest BCUT2D eigenvalue weighted by Gasteiger charge is 2.20. The Kier molecular flexibility index (Phi) is 4.86. The van der Waals surface area contributed by atoms with Crippen molar-refractivity contribution in [3.8, 4) is 0 Å². The first-order valence-corrected chi connectivity index (χ1v) is 9.34. The van der Waals surface area contributed by atoms with Crippen molar-refractivity contribution in [1.82, 2.24) is 9.88 Å². The highest BCUT2D eigenvalue weighted by atomic mass is 16.3. The fourth-order valence-electron chi connectivity index (χ4n) is 4.05. The molecule has 0 aliphatic heterocycles. The van der Waals surface area contributed by atoms with Crippen LogP contribution in [0.25, 0.3) is 10.9 Å². The van der Waals surface area contributed by atoms with E-state index in [1.165, 1.54) is 47.0 Å². The van der Waals surface area contributed by atoms with Crippen LogP contribution in [0.15, 0.2) is 54.6 Å². The first kappa shape index (κ1) is 16.4. The van der Waals surface area contributed by atoms with Gasteiger partial charge in [0.1, 0.15) is 0 Å². The predicted molar refractivity (Wildman–Crippen MR) is 103 cm³/mol. The molecule has 0 fully saturated rings. The molecule has 1 heterocycles. The number of aliphatic hydroxyl groups excluding tert-OH is 1. The van der Waals surface area contributed by atoms with E-state index in [2.05, 4.69) is 46.3 Å². The van der Waals surface area contributed by atoms with Crippen molar-refractivity contribution in [2.24, 2.45) is 0 Å². The molecule has 130 valence electrons. The van der Waals surface area contributed by atoms with Crippen LogP contribution in [0.3, 0.4) is 0 Å². The minimum Gasteiger partial charge on any atom is -0.390 e. The van der Waals surface area contributed by atoms with Gasteiger partial charge >= 0.3 is 0 Å². The quantitative estimate of drug-likeness (QED) is 0.722. The Hall–Kier alpha value is -2.10. The molecule has 0 saturated carbocycles. The molecule has 0 bridgehead atoms. The molecule has 2 aromatic carbocycles. The molecule has 25 heavy (non-hydrogen) atoms. The molecule has 0 spiro atoms. The van der Waals surface area contributed by atoms with Crippen LogP contribution in [0.5, 0.6) is 0 Å². The van der Waals surface area contributed by atoms with Gasteiger partial charge < -0.3 is 15.0 Å². The van der Waals surface area contributed by atoms with Crippen molar-refractivity contribution in [3.05, 3.63) is 71.4 Å². The lowest BCUT2D eigenvalue weighted by molar-refractivity contribution is 0.151. The summed E-state index contributed by atoms with van der Waals surface area (Å²) >= 11 is 0. The number of nitrogens with one attached hydrogen (secondary N) is 1. The van der Waals surface area contributed by atoms with Crippen molar-refractivity contribution in [2.75, 3.05) is 6.54 Å². The van der Waals surface area contributed by atoms with Crippen LogP contribution in [0.2, 0.25) is 0 Å². The summed E-state index contributed by atoms with van der Waals surface area (Å²) < 4.78 is 2.36. The average Bonchev–Trinajstić information content (AvgIpc) is 2.97. The van der Waals surface area contributed by atoms with E-state index in [-0.39, 0.29) is 6.10 Å². The van der Waals surface area contributed by atoms with Crippen LogP contribution in [0, 0.1) is 0 Å². The summed E-state index contributed by atoms with van der Waals surface area (Å²) in [7, 11) is 0. The maximum absolute atomic E-state index is 10.6. The van der Waals surface area contributed by atoms with Gasteiger partial charge in [-0.1, -0.05) is 48.5 Å². The van der Waals surface area contributed by atoms with Crippen LogP contribution in [0.4, 0.5) is 0 Å². The van der Waals surface area contributed by atoms with Gasteiger partial charge in [-0.25, -0.2) is 0 Å². The molecule has 3 nitrogen and oxygen atoms in total. The van der Waals surface area contributed by atoms with Gasteiger partial charge in [0.25, 0.3) is 0 Å². The number of aliphatic hydroxyl groups is 1. The van der Waals surface area contributed by atoms with Crippen molar-refractivity contribution >= 4 is 10.9 Å². The molecule has 2 N–H and O–H groups in total. The van der Waals surface area contributed by atoms with Crippen molar-refractivity contribution in [2.45, 2.75) is 44.9 Å². The zero-order valence-corrected chi connectivity index (χ0v) is 14.6. The van der Waals surface area contributed by atoms with E-state index in [0.29, 0.717) is 13.1 Å². The number of aromatic nitrogens is 1. The summed E-state index contributed by atoms with van der Waals surface area (Å²) in [6, 6.07) is 19.0. The molecule has 0 amide bonds. The summed E-state index contributed by atoms with van der Waals surface area (Å²) in [6.07, 6.45) is 4.46. The number of hydrogen-bond donors (Lipinski definition) is 2. The number of benzene rings is 2. The molecule has 0 unspecified atom stereocenters. The summed E-state index contributed by atoms with van der Waals surface area (Å²) in [4.78, 5) is 0. The minimum atomic E-state index is -0.384. The molecule has 4 rings (SSSR count). The Morgan fingerprint density at radius 1 is 0.960 bits per heavy atom. The maximum atomic E-state index is 10.6. The standard InChI is InChI=1S/C22H26N2O/c25-18(15-23-14-17-8-2-1-3-9-17)16-24-21-12-6-4-10-19(21)20-11-5-7-13-22(20)24/h1-4,6,8-10,12,18,23,25H,5,7,11,13-16H2/t18-/m1/s1. The van der Waals surface area contributed by atoms with E-state index < -0.39 is 0 Å². The molecule has 3 aromatic rings. The molecule has 0 radical (unpaired) electrons. The van der Waals surface area contributed by atoms with E-state index in [1.807, 2.05) is 18.2 Å². The number of para-hydroxylation sites is 1. The average molecular weight is 334 g/mol. The molecular weight excluding hydrogens is 308 g/mol. The molecule has 1 atom stereocenters. The van der Waals surface area contributed by atoms with Crippen LogP contribution >= 0.6 is 0 Å². The van der Waals surface area contributed by atoms with Crippen LogP contribution < -0.4 is 5.32 Å². The van der Waals surface area contributed by atoms with Crippen molar-refractivity contribution in [3.63, 3.8) is 0 Å². The number of rotatable bonds is 6. The van der Waals surface area contributed by atoms with E-state index in [1.54, 1.807) is 0 Å². The molecule has 0 saturated heterocycles. The third-order valence-corrected chi connectivity index (χ3v) is 5.23. The molecule has 1 aliphatic carbocycles. The van der Waals surface area contributed by atoms with Gasteiger partial charge in [-0.2, -0.15) is 0 Å². The largest absolute Gasteiger partial charge is 0.390 e. The number of aryl methyl sites for hydroxylation is 1. The third kappa shape index (κ3) is 3.48. The van der Waals surface area contributed by atoms with Crippen LogP contribution in [-0.2, 0) is 25.9 Å². The lowest BCUT2D eigenvalue weighted by Gasteiger charge is -2.19. The Balaban J connectivity index is 1.47. The second kappa shape index (κ2) is 7.42. The topological polar surface area (TPSA) is 37.2 Å². The van der Waals surface area contributed by atoms with Gasteiger partial charge in [-0.15, -0.1) is 0 Å². The van der Waals surface area contributed by atoms with Gasteiger partial charge in [-0.05, 0) is 42.9 Å².